The maximum Gasteiger partial charge on any atom is 0.260 e. The summed E-state index contributed by atoms with van der Waals surface area (Å²) < 4.78 is 5.40. The summed E-state index contributed by atoms with van der Waals surface area (Å²) in [4.78, 5) is 5.31. The van der Waals surface area contributed by atoms with Gasteiger partial charge in [-0.15, -0.1) is 0 Å². The van der Waals surface area contributed by atoms with E-state index < -0.39 is 0 Å². The molecule has 5 heteroatoms. The number of aryl methyl sites for hydroxylation is 1. The second-order valence-corrected chi connectivity index (χ2v) is 7.06. The molecule has 1 N–H and O–H groups in total. The monoisotopic (exact) mass is 310 g/mol. The van der Waals surface area contributed by atoms with E-state index in [-0.39, 0.29) is 5.54 Å². The standard InChI is InChI=1S/C15H19ClN2OS/c1-10-9-19-14(18-10)20-13-11(6-5-7-12(13)16)8-17-15(2,3)4/h5-7,9,17H,8H2,1-4H3. The van der Waals surface area contributed by atoms with E-state index in [1.54, 1.807) is 6.26 Å². The first-order valence-electron chi connectivity index (χ1n) is 6.47. The minimum atomic E-state index is 0.0593. The van der Waals surface area contributed by atoms with Gasteiger partial charge < -0.3 is 9.73 Å². The number of aromatic nitrogens is 1. The van der Waals surface area contributed by atoms with Crippen molar-refractivity contribution in [3.05, 3.63) is 40.7 Å². The van der Waals surface area contributed by atoms with Gasteiger partial charge in [-0.25, -0.2) is 4.98 Å². The molecule has 0 aliphatic carbocycles. The van der Waals surface area contributed by atoms with Gasteiger partial charge in [-0.05, 0) is 51.1 Å². The highest BCUT2D eigenvalue weighted by Crippen LogP contribution is 2.35. The van der Waals surface area contributed by atoms with Crippen molar-refractivity contribution in [1.29, 1.82) is 0 Å². The number of nitrogens with one attached hydrogen (secondary N) is 1. The Labute approximate surface area is 129 Å². The topological polar surface area (TPSA) is 38.1 Å². The summed E-state index contributed by atoms with van der Waals surface area (Å²) >= 11 is 7.78. The predicted molar refractivity (Wildman–Crippen MR) is 83.4 cm³/mol. The quantitative estimate of drug-likeness (QED) is 0.890. The molecule has 0 aliphatic heterocycles. The van der Waals surface area contributed by atoms with Crippen molar-refractivity contribution in [3.63, 3.8) is 0 Å². The van der Waals surface area contributed by atoms with Gasteiger partial charge >= 0.3 is 0 Å². The van der Waals surface area contributed by atoms with Crippen LogP contribution in [0.1, 0.15) is 32.0 Å². The Balaban J connectivity index is 2.22. The van der Waals surface area contributed by atoms with Gasteiger partial charge in [0.2, 0.25) is 0 Å². The highest BCUT2D eigenvalue weighted by Gasteiger charge is 2.14. The van der Waals surface area contributed by atoms with Gasteiger partial charge in [-0.3, -0.25) is 0 Å². The second kappa shape index (κ2) is 6.20. The molecule has 108 valence electrons. The molecule has 1 aromatic heterocycles. The largest absolute Gasteiger partial charge is 0.439 e. The van der Waals surface area contributed by atoms with Crippen molar-refractivity contribution in [2.75, 3.05) is 0 Å². The highest BCUT2D eigenvalue weighted by molar-refractivity contribution is 7.99. The molecule has 0 amide bonds. The molecule has 0 fully saturated rings. The van der Waals surface area contributed by atoms with Crippen LogP contribution in [0.3, 0.4) is 0 Å². The minimum absolute atomic E-state index is 0.0593. The van der Waals surface area contributed by atoms with Gasteiger partial charge in [0.15, 0.2) is 0 Å². The van der Waals surface area contributed by atoms with Crippen LogP contribution >= 0.6 is 23.4 Å². The molecule has 0 radical (unpaired) electrons. The van der Waals surface area contributed by atoms with Gasteiger partial charge in [-0.1, -0.05) is 23.7 Å². The molecule has 0 saturated heterocycles. The Morgan fingerprint density at radius 3 is 2.70 bits per heavy atom. The first-order valence-corrected chi connectivity index (χ1v) is 7.67. The molecule has 3 nitrogen and oxygen atoms in total. The Bertz CT molecular complexity index is 590. The SMILES string of the molecule is Cc1coc(Sc2c(Cl)cccc2CNC(C)(C)C)n1. The molecule has 2 aromatic rings. The van der Waals surface area contributed by atoms with Gasteiger partial charge in [0.1, 0.15) is 6.26 Å². The van der Waals surface area contributed by atoms with Crippen LogP contribution in [0.25, 0.3) is 0 Å². The van der Waals surface area contributed by atoms with E-state index in [0.29, 0.717) is 5.22 Å². The average molecular weight is 311 g/mol. The molecule has 20 heavy (non-hydrogen) atoms. The van der Waals surface area contributed by atoms with E-state index in [4.69, 9.17) is 16.0 Å². The average Bonchev–Trinajstić information content (AvgIpc) is 2.75. The van der Waals surface area contributed by atoms with E-state index in [1.807, 2.05) is 19.1 Å². The number of hydrogen-bond donors (Lipinski definition) is 1. The molecule has 0 bridgehead atoms. The number of nitrogens with zero attached hydrogens (tertiary/aromatic N) is 1. The van der Waals surface area contributed by atoms with Crippen molar-refractivity contribution < 1.29 is 4.42 Å². The third-order valence-electron chi connectivity index (χ3n) is 2.65. The molecule has 1 heterocycles. The van der Waals surface area contributed by atoms with Crippen LogP contribution in [0.4, 0.5) is 0 Å². The maximum absolute atomic E-state index is 6.32. The van der Waals surface area contributed by atoms with Crippen LogP contribution in [0.5, 0.6) is 0 Å². The first kappa shape index (κ1) is 15.4. The summed E-state index contributed by atoms with van der Waals surface area (Å²) in [7, 11) is 0. The molecule has 0 spiro atoms. The van der Waals surface area contributed by atoms with E-state index in [0.717, 1.165) is 27.7 Å². The molecule has 0 aliphatic rings. The third-order valence-corrected chi connectivity index (χ3v) is 4.12. The summed E-state index contributed by atoms with van der Waals surface area (Å²) in [5.74, 6) is 0. The highest BCUT2D eigenvalue weighted by atomic mass is 35.5. The van der Waals surface area contributed by atoms with E-state index in [2.05, 4.69) is 37.1 Å². The van der Waals surface area contributed by atoms with E-state index in [9.17, 15) is 0 Å². The molecule has 0 saturated carbocycles. The molecular formula is C15H19ClN2OS. The molecule has 0 atom stereocenters. The fraction of sp³-hybridized carbons (Fsp3) is 0.400. The van der Waals surface area contributed by atoms with Crippen molar-refractivity contribution in [1.82, 2.24) is 10.3 Å². The Morgan fingerprint density at radius 2 is 2.10 bits per heavy atom. The predicted octanol–water partition coefficient (Wildman–Crippen LogP) is 4.68. The molecular weight excluding hydrogens is 292 g/mol. The second-order valence-electron chi connectivity index (χ2n) is 5.69. The molecule has 1 aromatic carbocycles. The normalized spacial score (nSPS) is 11.8. The Kier molecular flexibility index (Phi) is 4.78. The van der Waals surface area contributed by atoms with Crippen molar-refractivity contribution >= 4 is 23.4 Å². The van der Waals surface area contributed by atoms with Gasteiger partial charge in [0.25, 0.3) is 5.22 Å². The van der Waals surface area contributed by atoms with Crippen LogP contribution in [0.15, 0.2) is 39.0 Å². The van der Waals surface area contributed by atoms with Crippen molar-refractivity contribution in [2.45, 2.75) is 49.9 Å². The van der Waals surface area contributed by atoms with Crippen LogP contribution in [0.2, 0.25) is 5.02 Å². The van der Waals surface area contributed by atoms with Crippen LogP contribution in [-0.2, 0) is 6.54 Å². The molecule has 2 rings (SSSR count). The van der Waals surface area contributed by atoms with Gasteiger partial charge in [0.05, 0.1) is 10.7 Å². The van der Waals surface area contributed by atoms with Crippen LogP contribution in [-0.4, -0.2) is 10.5 Å². The number of halogens is 1. The summed E-state index contributed by atoms with van der Waals surface area (Å²) in [6, 6.07) is 5.93. The fourth-order valence-electron chi connectivity index (χ4n) is 1.63. The lowest BCUT2D eigenvalue weighted by Gasteiger charge is -2.21. The van der Waals surface area contributed by atoms with Gasteiger partial charge in [0, 0.05) is 17.0 Å². The lowest BCUT2D eigenvalue weighted by Crippen LogP contribution is -2.35. The summed E-state index contributed by atoms with van der Waals surface area (Å²) in [6.07, 6.45) is 1.65. The summed E-state index contributed by atoms with van der Waals surface area (Å²) in [6.45, 7) is 9.08. The van der Waals surface area contributed by atoms with E-state index in [1.165, 1.54) is 11.8 Å². The van der Waals surface area contributed by atoms with Crippen LogP contribution in [0, 0.1) is 6.92 Å². The summed E-state index contributed by atoms with van der Waals surface area (Å²) in [5.41, 5.74) is 2.08. The lowest BCUT2D eigenvalue weighted by molar-refractivity contribution is 0.422. The minimum Gasteiger partial charge on any atom is -0.439 e. The zero-order valence-corrected chi connectivity index (χ0v) is 13.7. The lowest BCUT2D eigenvalue weighted by atomic mass is 10.1. The van der Waals surface area contributed by atoms with Gasteiger partial charge in [-0.2, -0.15) is 0 Å². The number of rotatable bonds is 4. The maximum atomic E-state index is 6.32. The Morgan fingerprint density at radius 1 is 1.35 bits per heavy atom. The van der Waals surface area contributed by atoms with E-state index >= 15 is 0 Å². The first-order chi connectivity index (χ1) is 9.35. The third kappa shape index (κ3) is 4.27. The zero-order valence-electron chi connectivity index (χ0n) is 12.2. The smallest absolute Gasteiger partial charge is 0.260 e. The van der Waals surface area contributed by atoms with Crippen LogP contribution < -0.4 is 5.32 Å². The number of hydrogen-bond acceptors (Lipinski definition) is 4. The summed E-state index contributed by atoms with van der Waals surface area (Å²) in [5, 5.41) is 4.81. The number of benzene rings is 1. The van der Waals surface area contributed by atoms with Crippen molar-refractivity contribution in [3.8, 4) is 0 Å². The molecule has 0 unspecified atom stereocenters. The zero-order chi connectivity index (χ0) is 14.8. The fourth-order valence-corrected chi connectivity index (χ4v) is 2.84. The number of oxazole rings is 1. The van der Waals surface area contributed by atoms with Crippen molar-refractivity contribution in [2.24, 2.45) is 0 Å². The Hall–Kier alpha value is -0.970.